The van der Waals surface area contributed by atoms with Gasteiger partial charge in [-0.25, -0.2) is 13.8 Å². The molecule has 1 heterocycles. The predicted octanol–water partition coefficient (Wildman–Crippen LogP) is 3.28. The van der Waals surface area contributed by atoms with Crippen molar-refractivity contribution in [2.45, 2.75) is 44.7 Å². The van der Waals surface area contributed by atoms with Crippen LogP contribution in [0.15, 0.2) is 24.4 Å². The Bertz CT molecular complexity index is 850. The van der Waals surface area contributed by atoms with Crippen LogP contribution in [0.2, 0.25) is 0 Å². The number of carbonyl (C=O) groups is 1. The van der Waals surface area contributed by atoms with Crippen molar-refractivity contribution in [1.29, 1.82) is 0 Å². The predicted molar refractivity (Wildman–Crippen MR) is 105 cm³/mol. The van der Waals surface area contributed by atoms with Crippen LogP contribution in [-0.4, -0.2) is 42.1 Å². The van der Waals surface area contributed by atoms with E-state index in [4.69, 9.17) is 0 Å². The van der Waals surface area contributed by atoms with Gasteiger partial charge in [0.05, 0.1) is 5.56 Å². The van der Waals surface area contributed by atoms with Crippen LogP contribution in [-0.2, 0) is 0 Å². The third-order valence-electron chi connectivity index (χ3n) is 4.94. The normalized spacial score (nSPS) is 19.2. The summed E-state index contributed by atoms with van der Waals surface area (Å²) < 4.78 is 27.0. The Balaban J connectivity index is 1.54. The number of aryl methyl sites for hydroxylation is 1. The summed E-state index contributed by atoms with van der Waals surface area (Å²) in [6.45, 7) is 1.97. The fourth-order valence-corrected chi connectivity index (χ4v) is 3.45. The van der Waals surface area contributed by atoms with E-state index >= 15 is 0 Å². The quantitative estimate of drug-likeness (QED) is 0.821. The van der Waals surface area contributed by atoms with E-state index in [1.54, 1.807) is 6.20 Å². The first-order valence-electron chi connectivity index (χ1n) is 9.37. The summed E-state index contributed by atoms with van der Waals surface area (Å²) in [5.74, 6) is -0.470. The second kappa shape index (κ2) is 8.50. The number of hydrogen-bond donors (Lipinski definition) is 2. The number of hydrogen-bond acceptors (Lipinski definition) is 5. The Labute approximate surface area is 163 Å². The summed E-state index contributed by atoms with van der Waals surface area (Å²) in [6, 6.07) is 3.03. The van der Waals surface area contributed by atoms with Gasteiger partial charge in [0.2, 0.25) is 5.95 Å². The van der Waals surface area contributed by atoms with Gasteiger partial charge in [0, 0.05) is 37.9 Å². The second-order valence-electron chi connectivity index (χ2n) is 7.39. The van der Waals surface area contributed by atoms with Gasteiger partial charge in [0.15, 0.2) is 0 Å². The zero-order valence-electron chi connectivity index (χ0n) is 16.3. The minimum absolute atomic E-state index is 0.0653. The number of nitrogens with zero attached hydrogens (tertiary/aromatic N) is 3. The molecule has 2 aromatic rings. The second-order valence-corrected chi connectivity index (χ2v) is 7.39. The molecule has 0 aliphatic heterocycles. The first-order chi connectivity index (χ1) is 13.3. The molecule has 0 atom stereocenters. The molecule has 1 amide bonds. The molecule has 1 aromatic heterocycles. The van der Waals surface area contributed by atoms with Gasteiger partial charge in [0.1, 0.15) is 17.5 Å². The number of amides is 1. The zero-order valence-corrected chi connectivity index (χ0v) is 16.3. The maximum absolute atomic E-state index is 13.7. The van der Waals surface area contributed by atoms with Gasteiger partial charge in [-0.05, 0) is 50.8 Å². The highest BCUT2D eigenvalue weighted by molar-refractivity contribution is 5.94. The number of anilines is 2. The summed E-state index contributed by atoms with van der Waals surface area (Å²) in [5.41, 5.74) is 0.746. The first-order valence-corrected chi connectivity index (χ1v) is 9.37. The molecular weight excluding hydrogens is 364 g/mol. The largest absolute Gasteiger partial charge is 0.362 e. The molecule has 0 unspecified atom stereocenters. The highest BCUT2D eigenvalue weighted by Gasteiger charge is 2.24. The molecule has 28 heavy (non-hydrogen) atoms. The van der Waals surface area contributed by atoms with Crippen LogP contribution in [0, 0.1) is 18.6 Å². The van der Waals surface area contributed by atoms with E-state index in [2.05, 4.69) is 20.6 Å². The van der Waals surface area contributed by atoms with E-state index in [9.17, 15) is 13.6 Å². The summed E-state index contributed by atoms with van der Waals surface area (Å²) in [5, 5.41) is 6.16. The lowest BCUT2D eigenvalue weighted by Gasteiger charge is -2.30. The van der Waals surface area contributed by atoms with Crippen molar-refractivity contribution in [3.8, 4) is 0 Å². The molecule has 0 bridgehead atoms. The molecule has 2 N–H and O–H groups in total. The molecule has 1 fully saturated rings. The van der Waals surface area contributed by atoms with Crippen molar-refractivity contribution in [2.24, 2.45) is 0 Å². The van der Waals surface area contributed by atoms with Crippen molar-refractivity contribution >= 4 is 17.7 Å². The number of nitrogens with one attached hydrogen (secondary N) is 2. The standard InChI is InChI=1S/C20H25F2N5O/c1-12-11-23-20(26-18(12)27(2)3)25-15-7-5-14(6-8-15)24-19(28)16-10-13(21)4-9-17(16)22/h4,9-11,14-15H,5-8H2,1-3H3,(H,24,28)(H,23,25,26). The van der Waals surface area contributed by atoms with Crippen LogP contribution >= 0.6 is 0 Å². The number of halogens is 2. The van der Waals surface area contributed by atoms with Crippen LogP contribution < -0.4 is 15.5 Å². The molecule has 0 radical (unpaired) electrons. The average molecular weight is 389 g/mol. The van der Waals surface area contributed by atoms with Gasteiger partial charge in [-0.3, -0.25) is 4.79 Å². The molecule has 3 rings (SSSR count). The van der Waals surface area contributed by atoms with Gasteiger partial charge in [-0.2, -0.15) is 4.98 Å². The van der Waals surface area contributed by atoms with E-state index in [1.807, 2.05) is 25.9 Å². The smallest absolute Gasteiger partial charge is 0.254 e. The maximum Gasteiger partial charge on any atom is 0.254 e. The third-order valence-corrected chi connectivity index (χ3v) is 4.94. The molecule has 150 valence electrons. The molecular formula is C20H25F2N5O. The Hall–Kier alpha value is -2.77. The Morgan fingerprint density at radius 1 is 1.14 bits per heavy atom. The zero-order chi connectivity index (χ0) is 20.3. The molecule has 0 saturated heterocycles. The third kappa shape index (κ3) is 4.74. The maximum atomic E-state index is 13.7. The lowest BCUT2D eigenvalue weighted by Crippen LogP contribution is -2.40. The minimum atomic E-state index is -0.720. The molecule has 1 aromatic carbocycles. The minimum Gasteiger partial charge on any atom is -0.362 e. The lowest BCUT2D eigenvalue weighted by molar-refractivity contribution is 0.0922. The molecule has 6 nitrogen and oxygen atoms in total. The highest BCUT2D eigenvalue weighted by Crippen LogP contribution is 2.23. The Kier molecular flexibility index (Phi) is 6.06. The van der Waals surface area contributed by atoms with Crippen molar-refractivity contribution in [3.05, 3.63) is 47.2 Å². The van der Waals surface area contributed by atoms with Gasteiger partial charge in [0.25, 0.3) is 5.91 Å². The fraction of sp³-hybridized carbons (Fsp3) is 0.450. The van der Waals surface area contributed by atoms with Gasteiger partial charge >= 0.3 is 0 Å². The van der Waals surface area contributed by atoms with Gasteiger partial charge in [-0.1, -0.05) is 0 Å². The molecule has 1 aliphatic carbocycles. The molecule has 0 spiro atoms. The van der Waals surface area contributed by atoms with Crippen LogP contribution in [0.3, 0.4) is 0 Å². The van der Waals surface area contributed by atoms with Crippen molar-refractivity contribution in [3.63, 3.8) is 0 Å². The lowest BCUT2D eigenvalue weighted by atomic mass is 9.91. The van der Waals surface area contributed by atoms with Crippen LogP contribution in [0.4, 0.5) is 20.5 Å². The van der Waals surface area contributed by atoms with Crippen molar-refractivity contribution in [2.75, 3.05) is 24.3 Å². The van der Waals surface area contributed by atoms with Crippen molar-refractivity contribution in [1.82, 2.24) is 15.3 Å². The van der Waals surface area contributed by atoms with Crippen LogP contribution in [0.5, 0.6) is 0 Å². The monoisotopic (exact) mass is 389 g/mol. The number of aromatic nitrogens is 2. The first kappa shape index (κ1) is 20.0. The van der Waals surface area contributed by atoms with E-state index in [-0.39, 0.29) is 17.6 Å². The van der Waals surface area contributed by atoms with Gasteiger partial charge < -0.3 is 15.5 Å². The van der Waals surface area contributed by atoms with E-state index in [0.29, 0.717) is 5.95 Å². The van der Waals surface area contributed by atoms with Crippen molar-refractivity contribution < 1.29 is 13.6 Å². The molecule has 8 heteroatoms. The number of rotatable bonds is 5. The topological polar surface area (TPSA) is 70.1 Å². The van der Waals surface area contributed by atoms with E-state index in [1.165, 1.54) is 0 Å². The SMILES string of the molecule is Cc1cnc(NC2CCC(NC(=O)c3cc(F)ccc3F)CC2)nc1N(C)C. The summed E-state index contributed by atoms with van der Waals surface area (Å²) >= 11 is 0. The number of carbonyl (C=O) groups excluding carboxylic acids is 1. The Morgan fingerprint density at radius 3 is 2.50 bits per heavy atom. The highest BCUT2D eigenvalue weighted by atomic mass is 19.1. The molecule has 1 saturated carbocycles. The summed E-state index contributed by atoms with van der Waals surface area (Å²) in [6.07, 6.45) is 4.93. The fourth-order valence-electron chi connectivity index (χ4n) is 3.45. The van der Waals surface area contributed by atoms with E-state index < -0.39 is 17.5 Å². The Morgan fingerprint density at radius 2 is 1.82 bits per heavy atom. The summed E-state index contributed by atoms with van der Waals surface area (Å²) in [4.78, 5) is 23.1. The molecule has 1 aliphatic rings. The average Bonchev–Trinajstić information content (AvgIpc) is 2.66. The van der Waals surface area contributed by atoms with Gasteiger partial charge in [-0.15, -0.1) is 0 Å². The van der Waals surface area contributed by atoms with Crippen LogP contribution in [0.1, 0.15) is 41.6 Å². The van der Waals surface area contributed by atoms with Crippen LogP contribution in [0.25, 0.3) is 0 Å². The summed E-state index contributed by atoms with van der Waals surface area (Å²) in [7, 11) is 3.88. The van der Waals surface area contributed by atoms with E-state index in [0.717, 1.165) is 55.3 Å². The number of benzene rings is 1.